The molecular weight excluding hydrogens is 358 g/mol. The Hall–Kier alpha value is -3.19. The van der Waals surface area contributed by atoms with E-state index in [1.54, 1.807) is 30.2 Å². The number of carbonyl (C=O) groups is 1. The number of para-hydroxylation sites is 1. The van der Waals surface area contributed by atoms with Crippen molar-refractivity contribution in [2.45, 2.75) is 6.54 Å². The third-order valence-electron chi connectivity index (χ3n) is 4.79. The van der Waals surface area contributed by atoms with Crippen LogP contribution in [0.5, 0.6) is 5.75 Å². The molecule has 2 aromatic rings. The molecule has 1 aliphatic rings. The number of methoxy groups -OCH3 is 1. The van der Waals surface area contributed by atoms with E-state index in [1.807, 2.05) is 24.3 Å². The van der Waals surface area contributed by atoms with Gasteiger partial charge in [0.2, 0.25) is 5.91 Å². The first-order chi connectivity index (χ1) is 13.6. The number of nitro groups is 1. The van der Waals surface area contributed by atoms with Gasteiger partial charge in [0.25, 0.3) is 5.69 Å². The average Bonchev–Trinajstić information content (AvgIpc) is 2.73. The highest BCUT2D eigenvalue weighted by molar-refractivity contribution is 5.92. The standard InChI is InChI=1S/C21H23N3O4/c1-28-19-9-6-17(7-10-19)16-22-12-14-23(15-13-22)21(25)11-8-18-4-2-3-5-20(18)24(26)27/h2-11H,12-16H2,1H3/b11-8+. The fourth-order valence-electron chi connectivity index (χ4n) is 3.18. The summed E-state index contributed by atoms with van der Waals surface area (Å²) < 4.78 is 5.17. The monoisotopic (exact) mass is 381 g/mol. The van der Waals surface area contributed by atoms with Crippen LogP contribution in [-0.4, -0.2) is 53.9 Å². The van der Waals surface area contributed by atoms with Crippen molar-refractivity contribution in [3.63, 3.8) is 0 Å². The van der Waals surface area contributed by atoms with Gasteiger partial charge < -0.3 is 9.64 Å². The highest BCUT2D eigenvalue weighted by atomic mass is 16.6. The second-order valence-corrected chi connectivity index (χ2v) is 6.60. The molecule has 2 aromatic carbocycles. The Morgan fingerprint density at radius 1 is 1.11 bits per heavy atom. The Bertz CT molecular complexity index is 856. The van der Waals surface area contributed by atoms with Crippen LogP contribution in [0, 0.1) is 10.1 Å². The van der Waals surface area contributed by atoms with E-state index >= 15 is 0 Å². The Balaban J connectivity index is 1.53. The van der Waals surface area contributed by atoms with Gasteiger partial charge in [-0.1, -0.05) is 24.3 Å². The predicted octanol–water partition coefficient (Wildman–Crippen LogP) is 2.96. The fourth-order valence-corrected chi connectivity index (χ4v) is 3.18. The zero-order valence-electron chi connectivity index (χ0n) is 15.8. The zero-order chi connectivity index (χ0) is 19.9. The van der Waals surface area contributed by atoms with Crippen LogP contribution in [-0.2, 0) is 11.3 Å². The molecule has 0 unspecified atom stereocenters. The van der Waals surface area contributed by atoms with Crippen molar-refractivity contribution in [3.8, 4) is 5.75 Å². The van der Waals surface area contributed by atoms with Crippen LogP contribution >= 0.6 is 0 Å². The number of ether oxygens (including phenoxy) is 1. The summed E-state index contributed by atoms with van der Waals surface area (Å²) in [6.07, 6.45) is 2.94. The number of benzene rings is 2. The molecule has 0 bridgehead atoms. The van der Waals surface area contributed by atoms with Gasteiger partial charge >= 0.3 is 0 Å². The molecule has 0 aromatic heterocycles. The second-order valence-electron chi connectivity index (χ2n) is 6.60. The number of nitrogens with zero attached hydrogens (tertiary/aromatic N) is 3. The maximum absolute atomic E-state index is 12.4. The lowest BCUT2D eigenvalue weighted by molar-refractivity contribution is -0.385. The highest BCUT2D eigenvalue weighted by Crippen LogP contribution is 2.19. The molecule has 0 spiro atoms. The summed E-state index contributed by atoms with van der Waals surface area (Å²) in [4.78, 5) is 27.1. The van der Waals surface area contributed by atoms with Gasteiger partial charge in [-0.2, -0.15) is 0 Å². The number of rotatable bonds is 6. The molecule has 0 N–H and O–H groups in total. The number of hydrogen-bond donors (Lipinski definition) is 0. The lowest BCUT2D eigenvalue weighted by atomic mass is 10.1. The molecule has 7 nitrogen and oxygen atoms in total. The molecule has 1 fully saturated rings. The van der Waals surface area contributed by atoms with Gasteiger partial charge in [0.1, 0.15) is 5.75 Å². The molecular formula is C21H23N3O4. The van der Waals surface area contributed by atoms with E-state index < -0.39 is 4.92 Å². The maximum Gasteiger partial charge on any atom is 0.276 e. The van der Waals surface area contributed by atoms with Crippen LogP contribution in [0.3, 0.4) is 0 Å². The van der Waals surface area contributed by atoms with Crippen LogP contribution in [0.15, 0.2) is 54.6 Å². The molecule has 1 aliphatic heterocycles. The van der Waals surface area contributed by atoms with E-state index in [9.17, 15) is 14.9 Å². The summed E-state index contributed by atoms with van der Waals surface area (Å²) in [6.45, 7) is 3.68. The van der Waals surface area contributed by atoms with Crippen LogP contribution in [0.1, 0.15) is 11.1 Å². The molecule has 0 saturated carbocycles. The Morgan fingerprint density at radius 3 is 2.43 bits per heavy atom. The summed E-state index contributed by atoms with van der Waals surface area (Å²) >= 11 is 0. The van der Waals surface area contributed by atoms with Gasteiger partial charge in [-0.25, -0.2) is 0 Å². The summed E-state index contributed by atoms with van der Waals surface area (Å²) in [5, 5.41) is 11.1. The van der Waals surface area contributed by atoms with E-state index in [-0.39, 0.29) is 11.6 Å². The quantitative estimate of drug-likeness (QED) is 0.437. The van der Waals surface area contributed by atoms with E-state index in [2.05, 4.69) is 4.90 Å². The molecule has 1 saturated heterocycles. The van der Waals surface area contributed by atoms with E-state index in [0.29, 0.717) is 18.7 Å². The minimum atomic E-state index is -0.442. The fraction of sp³-hybridized carbons (Fsp3) is 0.286. The second kappa shape index (κ2) is 9.14. The highest BCUT2D eigenvalue weighted by Gasteiger charge is 2.20. The number of hydrogen-bond acceptors (Lipinski definition) is 5. The number of nitro benzene ring substituents is 1. The lowest BCUT2D eigenvalue weighted by Gasteiger charge is -2.34. The van der Waals surface area contributed by atoms with Gasteiger partial charge in [-0.05, 0) is 29.8 Å². The number of amides is 1. The van der Waals surface area contributed by atoms with Crippen molar-refractivity contribution in [2.75, 3.05) is 33.3 Å². The van der Waals surface area contributed by atoms with E-state index in [4.69, 9.17) is 4.74 Å². The van der Waals surface area contributed by atoms with Crippen molar-refractivity contribution >= 4 is 17.7 Å². The molecule has 0 radical (unpaired) electrons. The zero-order valence-corrected chi connectivity index (χ0v) is 15.8. The van der Waals surface area contributed by atoms with Gasteiger partial charge in [-0.15, -0.1) is 0 Å². The minimum absolute atomic E-state index is 0.00383. The van der Waals surface area contributed by atoms with Crippen LogP contribution in [0.2, 0.25) is 0 Å². The van der Waals surface area contributed by atoms with Crippen molar-refractivity contribution in [3.05, 3.63) is 75.8 Å². The van der Waals surface area contributed by atoms with Crippen LogP contribution in [0.4, 0.5) is 5.69 Å². The largest absolute Gasteiger partial charge is 0.497 e. The smallest absolute Gasteiger partial charge is 0.276 e. The molecule has 28 heavy (non-hydrogen) atoms. The summed E-state index contributed by atoms with van der Waals surface area (Å²) in [7, 11) is 1.65. The molecule has 0 aliphatic carbocycles. The normalized spacial score (nSPS) is 15.0. The summed E-state index contributed by atoms with van der Waals surface area (Å²) in [5.41, 5.74) is 1.63. The predicted molar refractivity (Wildman–Crippen MR) is 107 cm³/mol. The van der Waals surface area contributed by atoms with E-state index in [1.165, 1.54) is 23.8 Å². The Labute approximate surface area is 164 Å². The minimum Gasteiger partial charge on any atom is -0.497 e. The maximum atomic E-state index is 12.4. The molecule has 0 atom stereocenters. The first-order valence-corrected chi connectivity index (χ1v) is 9.12. The first kappa shape index (κ1) is 19.6. The molecule has 1 amide bonds. The number of carbonyl (C=O) groups excluding carboxylic acids is 1. The van der Waals surface area contributed by atoms with Crippen molar-refractivity contribution in [2.24, 2.45) is 0 Å². The Kier molecular flexibility index (Phi) is 6.39. The average molecular weight is 381 g/mol. The summed E-state index contributed by atoms with van der Waals surface area (Å²) in [5.74, 6) is 0.715. The molecule has 146 valence electrons. The van der Waals surface area contributed by atoms with Gasteiger partial charge in [0, 0.05) is 44.9 Å². The van der Waals surface area contributed by atoms with Gasteiger partial charge in [-0.3, -0.25) is 19.8 Å². The summed E-state index contributed by atoms with van der Waals surface area (Å²) in [6, 6.07) is 14.4. The van der Waals surface area contributed by atoms with Crippen molar-refractivity contribution < 1.29 is 14.5 Å². The SMILES string of the molecule is COc1ccc(CN2CCN(C(=O)/C=C/c3ccccc3[N+](=O)[O-])CC2)cc1. The van der Waals surface area contributed by atoms with Crippen molar-refractivity contribution in [1.82, 2.24) is 9.80 Å². The third-order valence-corrected chi connectivity index (χ3v) is 4.79. The Morgan fingerprint density at radius 2 is 1.79 bits per heavy atom. The van der Waals surface area contributed by atoms with Gasteiger partial charge in [0.05, 0.1) is 17.6 Å². The lowest BCUT2D eigenvalue weighted by Crippen LogP contribution is -2.47. The van der Waals surface area contributed by atoms with Gasteiger partial charge in [0.15, 0.2) is 0 Å². The van der Waals surface area contributed by atoms with Crippen LogP contribution < -0.4 is 4.74 Å². The van der Waals surface area contributed by atoms with Crippen molar-refractivity contribution in [1.29, 1.82) is 0 Å². The van der Waals surface area contributed by atoms with Crippen LogP contribution in [0.25, 0.3) is 6.08 Å². The molecule has 1 heterocycles. The first-order valence-electron chi connectivity index (χ1n) is 9.12. The topological polar surface area (TPSA) is 75.9 Å². The van der Waals surface area contributed by atoms with E-state index in [0.717, 1.165) is 25.4 Å². The molecule has 3 rings (SSSR count). The number of piperazine rings is 1. The molecule has 7 heteroatoms. The third kappa shape index (κ3) is 4.95.